The van der Waals surface area contributed by atoms with Crippen LogP contribution in [0.4, 0.5) is 11.5 Å². The summed E-state index contributed by atoms with van der Waals surface area (Å²) in [5.74, 6) is -0.190. The fraction of sp³-hybridized carbons (Fsp3) is 0.0909. The summed E-state index contributed by atoms with van der Waals surface area (Å²) >= 11 is 0. The van der Waals surface area contributed by atoms with Crippen LogP contribution in [0.3, 0.4) is 0 Å². The highest BCUT2D eigenvalue weighted by Crippen LogP contribution is 2.17. The lowest BCUT2D eigenvalue weighted by atomic mass is 10.1. The van der Waals surface area contributed by atoms with E-state index in [0.29, 0.717) is 11.1 Å². The summed E-state index contributed by atoms with van der Waals surface area (Å²) < 4.78 is 26.2. The molecule has 0 bridgehead atoms. The molecule has 1 heterocycles. The zero-order valence-corrected chi connectivity index (χ0v) is 10.6. The van der Waals surface area contributed by atoms with Crippen molar-refractivity contribution in [3.05, 3.63) is 41.6 Å². The minimum atomic E-state index is -3.67. The Labute approximate surface area is 110 Å². The quantitative estimate of drug-likeness (QED) is 0.762. The standard InChI is InChI=1S/C11H11N5O2S/c12-5-8-3-1-2-4-9(8)7-19(17,18)16-11-10(13)6-14-15-11/h1-4,6H,7,13H2,(H2,14,15,16). The van der Waals surface area contributed by atoms with Crippen LogP contribution in [0.5, 0.6) is 0 Å². The van der Waals surface area contributed by atoms with E-state index in [1.165, 1.54) is 6.20 Å². The maximum Gasteiger partial charge on any atom is 0.238 e. The smallest absolute Gasteiger partial charge is 0.238 e. The molecule has 0 amide bonds. The normalized spacial score (nSPS) is 10.9. The Morgan fingerprint density at radius 1 is 1.42 bits per heavy atom. The summed E-state index contributed by atoms with van der Waals surface area (Å²) in [4.78, 5) is 0. The van der Waals surface area contributed by atoms with Crippen LogP contribution >= 0.6 is 0 Å². The third-order valence-electron chi connectivity index (χ3n) is 2.41. The fourth-order valence-electron chi connectivity index (χ4n) is 1.53. The molecule has 0 fully saturated rings. The minimum Gasteiger partial charge on any atom is -0.394 e. The van der Waals surface area contributed by atoms with E-state index in [1.807, 2.05) is 6.07 Å². The molecule has 19 heavy (non-hydrogen) atoms. The zero-order valence-electron chi connectivity index (χ0n) is 9.79. The van der Waals surface area contributed by atoms with Crippen LogP contribution in [-0.4, -0.2) is 18.6 Å². The van der Waals surface area contributed by atoms with E-state index < -0.39 is 10.0 Å². The molecule has 0 spiro atoms. The molecule has 2 aromatic rings. The van der Waals surface area contributed by atoms with Crippen molar-refractivity contribution < 1.29 is 8.42 Å². The van der Waals surface area contributed by atoms with Gasteiger partial charge in [0.05, 0.1) is 29.3 Å². The van der Waals surface area contributed by atoms with Crippen molar-refractivity contribution in [1.82, 2.24) is 10.2 Å². The van der Waals surface area contributed by atoms with Crippen LogP contribution < -0.4 is 10.5 Å². The molecule has 0 atom stereocenters. The van der Waals surface area contributed by atoms with Crippen molar-refractivity contribution in [3.63, 3.8) is 0 Å². The van der Waals surface area contributed by atoms with Crippen molar-refractivity contribution >= 4 is 21.5 Å². The number of nitrogens with two attached hydrogens (primary N) is 1. The van der Waals surface area contributed by atoms with Crippen LogP contribution in [0.15, 0.2) is 30.5 Å². The number of rotatable bonds is 4. The second kappa shape index (κ2) is 4.99. The highest BCUT2D eigenvalue weighted by Gasteiger charge is 2.16. The Kier molecular flexibility index (Phi) is 3.39. The van der Waals surface area contributed by atoms with Crippen molar-refractivity contribution in [3.8, 4) is 6.07 Å². The summed E-state index contributed by atoms with van der Waals surface area (Å²) in [5.41, 5.74) is 6.48. The Balaban J connectivity index is 2.23. The molecule has 0 saturated carbocycles. The molecule has 0 aliphatic carbocycles. The van der Waals surface area contributed by atoms with Gasteiger partial charge in [0.15, 0.2) is 5.82 Å². The summed E-state index contributed by atoms with van der Waals surface area (Å²) in [6, 6.07) is 8.46. The molecule has 7 nitrogen and oxygen atoms in total. The van der Waals surface area contributed by atoms with Gasteiger partial charge in [0.1, 0.15) is 0 Å². The van der Waals surface area contributed by atoms with Gasteiger partial charge in [0.2, 0.25) is 10.0 Å². The van der Waals surface area contributed by atoms with Gasteiger partial charge in [0, 0.05) is 0 Å². The van der Waals surface area contributed by atoms with Crippen LogP contribution in [0.1, 0.15) is 11.1 Å². The largest absolute Gasteiger partial charge is 0.394 e. The number of nitriles is 1. The lowest BCUT2D eigenvalue weighted by Crippen LogP contribution is -2.16. The number of nitrogens with zero attached hydrogens (tertiary/aromatic N) is 2. The van der Waals surface area contributed by atoms with Crippen LogP contribution in [0, 0.1) is 11.3 Å². The van der Waals surface area contributed by atoms with Gasteiger partial charge in [-0.1, -0.05) is 18.2 Å². The maximum atomic E-state index is 12.0. The monoisotopic (exact) mass is 277 g/mol. The van der Waals surface area contributed by atoms with Crippen LogP contribution in [0.2, 0.25) is 0 Å². The Morgan fingerprint density at radius 2 is 2.16 bits per heavy atom. The van der Waals surface area contributed by atoms with Gasteiger partial charge in [-0.05, 0) is 11.6 Å². The second-order valence-electron chi connectivity index (χ2n) is 3.83. The average Bonchev–Trinajstić information content (AvgIpc) is 2.74. The highest BCUT2D eigenvalue weighted by atomic mass is 32.2. The molecule has 2 rings (SSSR count). The lowest BCUT2D eigenvalue weighted by Gasteiger charge is -2.07. The molecule has 0 aliphatic heterocycles. The summed E-state index contributed by atoms with van der Waals surface area (Å²) in [6.07, 6.45) is 1.31. The second-order valence-corrected chi connectivity index (χ2v) is 5.55. The van der Waals surface area contributed by atoms with Crippen molar-refractivity contribution in [2.24, 2.45) is 0 Å². The maximum absolute atomic E-state index is 12.0. The van der Waals surface area contributed by atoms with E-state index in [-0.39, 0.29) is 17.3 Å². The summed E-state index contributed by atoms with van der Waals surface area (Å²) in [6.45, 7) is 0. The first-order valence-electron chi connectivity index (χ1n) is 5.29. The molecule has 0 unspecified atom stereocenters. The Bertz CT molecular complexity index is 730. The van der Waals surface area contributed by atoms with E-state index in [0.717, 1.165) is 0 Å². The van der Waals surface area contributed by atoms with E-state index in [2.05, 4.69) is 14.9 Å². The zero-order chi connectivity index (χ0) is 13.9. The van der Waals surface area contributed by atoms with E-state index >= 15 is 0 Å². The first kappa shape index (κ1) is 12.9. The van der Waals surface area contributed by atoms with Crippen molar-refractivity contribution in [2.45, 2.75) is 5.75 Å². The van der Waals surface area contributed by atoms with E-state index in [4.69, 9.17) is 11.0 Å². The summed E-state index contributed by atoms with van der Waals surface area (Å²) in [5, 5.41) is 15.0. The number of anilines is 2. The molecule has 0 radical (unpaired) electrons. The van der Waals surface area contributed by atoms with Gasteiger partial charge >= 0.3 is 0 Å². The summed E-state index contributed by atoms with van der Waals surface area (Å²) in [7, 11) is -3.67. The molecular formula is C11H11N5O2S. The number of H-pyrrole nitrogens is 1. The Morgan fingerprint density at radius 3 is 2.79 bits per heavy atom. The number of nitrogens with one attached hydrogen (secondary N) is 2. The van der Waals surface area contributed by atoms with Crippen LogP contribution in [-0.2, 0) is 15.8 Å². The molecule has 98 valence electrons. The Hall–Kier alpha value is -2.53. The predicted molar refractivity (Wildman–Crippen MR) is 70.4 cm³/mol. The number of hydrogen-bond donors (Lipinski definition) is 3. The van der Waals surface area contributed by atoms with Gasteiger partial charge in [-0.3, -0.25) is 9.82 Å². The molecule has 0 saturated heterocycles. The van der Waals surface area contributed by atoms with Crippen molar-refractivity contribution in [2.75, 3.05) is 10.5 Å². The van der Waals surface area contributed by atoms with Gasteiger partial charge in [-0.25, -0.2) is 8.42 Å². The molecule has 0 aliphatic rings. The third-order valence-corrected chi connectivity index (χ3v) is 3.62. The molecule has 1 aromatic carbocycles. The average molecular weight is 277 g/mol. The predicted octanol–water partition coefficient (Wildman–Crippen LogP) is 0.805. The molecular weight excluding hydrogens is 266 g/mol. The molecule has 8 heteroatoms. The minimum absolute atomic E-state index is 0.120. The number of nitrogen functional groups attached to an aromatic ring is 1. The topological polar surface area (TPSA) is 125 Å². The number of aromatic nitrogens is 2. The fourth-order valence-corrected chi connectivity index (χ4v) is 2.74. The number of hydrogen-bond acceptors (Lipinski definition) is 5. The first-order valence-corrected chi connectivity index (χ1v) is 6.94. The number of benzene rings is 1. The molecule has 1 aromatic heterocycles. The lowest BCUT2D eigenvalue weighted by molar-refractivity contribution is 0.600. The van der Waals surface area contributed by atoms with E-state index in [1.54, 1.807) is 24.3 Å². The SMILES string of the molecule is N#Cc1ccccc1CS(=O)(=O)Nc1[nH]ncc1N. The highest BCUT2D eigenvalue weighted by molar-refractivity contribution is 7.91. The van der Waals surface area contributed by atoms with Gasteiger partial charge < -0.3 is 5.73 Å². The van der Waals surface area contributed by atoms with Gasteiger partial charge in [0.25, 0.3) is 0 Å². The first-order chi connectivity index (χ1) is 9.02. The van der Waals surface area contributed by atoms with Gasteiger partial charge in [-0.2, -0.15) is 10.4 Å². The van der Waals surface area contributed by atoms with Gasteiger partial charge in [-0.15, -0.1) is 0 Å². The van der Waals surface area contributed by atoms with E-state index in [9.17, 15) is 8.42 Å². The third kappa shape index (κ3) is 3.02. The molecule has 4 N–H and O–H groups in total. The van der Waals surface area contributed by atoms with Crippen molar-refractivity contribution in [1.29, 1.82) is 5.26 Å². The van der Waals surface area contributed by atoms with Crippen LogP contribution in [0.25, 0.3) is 0 Å². The number of sulfonamides is 1. The number of aromatic amines is 1.